The van der Waals surface area contributed by atoms with Crippen molar-refractivity contribution in [3.8, 4) is 22.6 Å². The van der Waals surface area contributed by atoms with Crippen LogP contribution in [0.4, 0.5) is 0 Å². The third-order valence-electron chi connectivity index (χ3n) is 5.83. The van der Waals surface area contributed by atoms with Gasteiger partial charge in [-0.3, -0.25) is 9.59 Å². The van der Waals surface area contributed by atoms with Gasteiger partial charge in [-0.2, -0.15) is 0 Å². The molecule has 7 heteroatoms. The van der Waals surface area contributed by atoms with E-state index in [-0.39, 0.29) is 18.3 Å². The summed E-state index contributed by atoms with van der Waals surface area (Å²) in [6.07, 6.45) is 1.37. The summed E-state index contributed by atoms with van der Waals surface area (Å²) in [5.74, 6) is -0.465. The molecule has 1 atom stereocenters. The highest BCUT2D eigenvalue weighted by Gasteiger charge is 2.29. The van der Waals surface area contributed by atoms with Gasteiger partial charge in [0.15, 0.2) is 11.4 Å². The number of Topliss-reactive ketones (excluding diaryl/α,β-unsaturated/α-hetero) is 1. The van der Waals surface area contributed by atoms with Gasteiger partial charge >= 0.3 is 5.97 Å². The van der Waals surface area contributed by atoms with Crippen molar-refractivity contribution in [2.75, 3.05) is 6.61 Å². The number of benzene rings is 3. The van der Waals surface area contributed by atoms with Crippen LogP contribution < -0.4 is 14.8 Å². The van der Waals surface area contributed by atoms with Crippen molar-refractivity contribution in [1.29, 1.82) is 0 Å². The van der Waals surface area contributed by atoms with Gasteiger partial charge in [-0.05, 0) is 67.8 Å². The molecule has 0 radical (unpaired) electrons. The molecule has 37 heavy (non-hydrogen) atoms. The molecule has 1 amide bonds. The smallest absolute Gasteiger partial charge is 0.347 e. The van der Waals surface area contributed by atoms with Crippen LogP contribution >= 0.6 is 0 Å². The van der Waals surface area contributed by atoms with Crippen molar-refractivity contribution in [3.05, 3.63) is 84.4 Å². The van der Waals surface area contributed by atoms with Crippen molar-refractivity contribution in [3.63, 3.8) is 0 Å². The number of nitrogens with one attached hydrogen (secondary N) is 1. The first-order chi connectivity index (χ1) is 17.7. The van der Waals surface area contributed by atoms with E-state index >= 15 is 0 Å². The van der Waals surface area contributed by atoms with Crippen molar-refractivity contribution >= 4 is 17.7 Å². The van der Waals surface area contributed by atoms with Crippen LogP contribution in [0.2, 0.25) is 0 Å². The third-order valence-corrected chi connectivity index (χ3v) is 5.83. The number of carbonyl (C=O) groups excluding carboxylic acids is 2. The number of carbonyl (C=O) groups is 3. The average molecular weight is 504 g/mol. The number of hydrogen-bond donors (Lipinski definition) is 2. The Hall–Kier alpha value is -4.13. The maximum absolute atomic E-state index is 12.9. The molecule has 0 saturated carbocycles. The van der Waals surface area contributed by atoms with E-state index < -0.39 is 17.6 Å². The second-order valence-electron chi connectivity index (χ2n) is 9.21. The Balaban J connectivity index is 1.58. The SMILES string of the molecule is CCCC(=O)C(CCOc1ccc(OC(C)(C)C(=O)O)cc1)NC(=O)c1ccc(-c2ccccc2)cc1. The van der Waals surface area contributed by atoms with Crippen LogP contribution in [0.1, 0.15) is 50.4 Å². The number of rotatable bonds is 13. The first-order valence-electron chi connectivity index (χ1n) is 12.3. The third kappa shape index (κ3) is 7.93. The normalized spacial score (nSPS) is 11.9. The number of ketones is 1. The second-order valence-corrected chi connectivity index (χ2v) is 9.21. The lowest BCUT2D eigenvalue weighted by molar-refractivity contribution is -0.152. The molecule has 1 unspecified atom stereocenters. The highest BCUT2D eigenvalue weighted by molar-refractivity contribution is 5.98. The maximum atomic E-state index is 12.9. The van der Waals surface area contributed by atoms with Crippen LogP contribution in [-0.2, 0) is 9.59 Å². The molecule has 2 N–H and O–H groups in total. The number of carboxylic acid groups (broad SMARTS) is 1. The predicted octanol–water partition coefficient (Wildman–Crippen LogP) is 5.53. The summed E-state index contributed by atoms with van der Waals surface area (Å²) in [5.41, 5.74) is 1.20. The second kappa shape index (κ2) is 12.7. The minimum atomic E-state index is -1.35. The van der Waals surface area contributed by atoms with Crippen LogP contribution in [0.5, 0.6) is 11.5 Å². The van der Waals surface area contributed by atoms with E-state index in [0.717, 1.165) is 11.1 Å². The predicted molar refractivity (Wildman–Crippen MR) is 142 cm³/mol. The van der Waals surface area contributed by atoms with Gasteiger partial charge in [-0.1, -0.05) is 49.4 Å². The van der Waals surface area contributed by atoms with Crippen molar-refractivity contribution in [1.82, 2.24) is 5.32 Å². The van der Waals surface area contributed by atoms with Crippen LogP contribution in [0, 0.1) is 0 Å². The number of ether oxygens (including phenoxy) is 2. The fourth-order valence-electron chi connectivity index (χ4n) is 3.66. The molecule has 7 nitrogen and oxygen atoms in total. The van der Waals surface area contributed by atoms with E-state index in [1.54, 1.807) is 36.4 Å². The molecule has 3 rings (SSSR count). The minimum absolute atomic E-state index is 0.0417. The molecule has 0 spiro atoms. The summed E-state index contributed by atoms with van der Waals surface area (Å²) < 4.78 is 11.3. The van der Waals surface area contributed by atoms with Crippen LogP contribution in [0.15, 0.2) is 78.9 Å². The van der Waals surface area contributed by atoms with E-state index in [9.17, 15) is 19.5 Å². The summed E-state index contributed by atoms with van der Waals surface area (Å²) in [7, 11) is 0. The largest absolute Gasteiger partial charge is 0.493 e. The standard InChI is InChI=1S/C30H33NO6/c1-4-8-27(32)26(19-20-36-24-15-17-25(18-16-24)37-30(2,3)29(34)35)31-28(33)23-13-11-22(12-14-23)21-9-6-5-7-10-21/h5-7,9-18,26H,4,8,19-20H2,1-3H3,(H,31,33)(H,34,35). The molecular formula is C30H33NO6. The molecule has 0 aliphatic heterocycles. The molecule has 0 aliphatic rings. The van der Waals surface area contributed by atoms with Gasteiger partial charge in [0.25, 0.3) is 5.91 Å². The number of carboxylic acids is 1. The zero-order valence-electron chi connectivity index (χ0n) is 21.4. The fraction of sp³-hybridized carbons (Fsp3) is 0.300. The molecule has 3 aromatic carbocycles. The summed E-state index contributed by atoms with van der Waals surface area (Å²) in [6.45, 7) is 5.08. The molecule has 0 aliphatic carbocycles. The number of aliphatic carboxylic acids is 1. The first-order valence-corrected chi connectivity index (χ1v) is 12.3. The van der Waals surface area contributed by atoms with Gasteiger partial charge in [0.05, 0.1) is 12.6 Å². The molecule has 0 bridgehead atoms. The van der Waals surface area contributed by atoms with Crippen LogP contribution in [0.3, 0.4) is 0 Å². The van der Waals surface area contributed by atoms with Crippen molar-refractivity contribution < 1.29 is 29.0 Å². The van der Waals surface area contributed by atoms with E-state index in [4.69, 9.17) is 9.47 Å². The highest BCUT2D eigenvalue weighted by atomic mass is 16.5. The lowest BCUT2D eigenvalue weighted by atomic mass is 10.0. The van der Waals surface area contributed by atoms with Gasteiger partial charge in [0, 0.05) is 18.4 Å². The van der Waals surface area contributed by atoms with Gasteiger partial charge in [0.1, 0.15) is 11.5 Å². The lowest BCUT2D eigenvalue weighted by Crippen LogP contribution is -2.41. The first kappa shape index (κ1) is 27.5. The Morgan fingerprint density at radius 1 is 0.865 bits per heavy atom. The number of hydrogen-bond acceptors (Lipinski definition) is 5. The van der Waals surface area contributed by atoms with E-state index in [0.29, 0.717) is 36.3 Å². The lowest BCUT2D eigenvalue weighted by Gasteiger charge is -2.21. The molecule has 0 heterocycles. The molecule has 0 fully saturated rings. The van der Waals surface area contributed by atoms with Gasteiger partial charge < -0.3 is 19.9 Å². The highest BCUT2D eigenvalue weighted by Crippen LogP contribution is 2.23. The average Bonchev–Trinajstić information content (AvgIpc) is 2.89. The molecule has 0 aromatic heterocycles. The Kier molecular flexibility index (Phi) is 9.44. The van der Waals surface area contributed by atoms with Gasteiger partial charge in [-0.15, -0.1) is 0 Å². The van der Waals surface area contributed by atoms with E-state index in [1.165, 1.54) is 13.8 Å². The number of amides is 1. The summed E-state index contributed by atoms with van der Waals surface area (Å²) in [6, 6.07) is 23.1. The van der Waals surface area contributed by atoms with Crippen LogP contribution in [-0.4, -0.2) is 41.0 Å². The molecule has 3 aromatic rings. The van der Waals surface area contributed by atoms with Gasteiger partial charge in [-0.25, -0.2) is 4.79 Å². The molecular weight excluding hydrogens is 470 g/mol. The zero-order valence-corrected chi connectivity index (χ0v) is 21.4. The summed E-state index contributed by atoms with van der Waals surface area (Å²) in [5, 5.41) is 12.1. The maximum Gasteiger partial charge on any atom is 0.347 e. The Morgan fingerprint density at radius 2 is 1.46 bits per heavy atom. The molecule has 194 valence electrons. The topological polar surface area (TPSA) is 102 Å². The Bertz CT molecular complexity index is 1190. The Morgan fingerprint density at radius 3 is 2.05 bits per heavy atom. The minimum Gasteiger partial charge on any atom is -0.493 e. The van der Waals surface area contributed by atoms with Crippen molar-refractivity contribution in [2.45, 2.75) is 51.7 Å². The molecule has 0 saturated heterocycles. The van der Waals surface area contributed by atoms with E-state index in [1.807, 2.05) is 49.4 Å². The zero-order chi connectivity index (χ0) is 26.8. The summed E-state index contributed by atoms with van der Waals surface area (Å²) in [4.78, 5) is 36.8. The van der Waals surface area contributed by atoms with E-state index in [2.05, 4.69) is 5.32 Å². The fourth-order valence-corrected chi connectivity index (χ4v) is 3.66. The summed E-state index contributed by atoms with van der Waals surface area (Å²) >= 11 is 0. The Labute approximate surface area is 217 Å². The van der Waals surface area contributed by atoms with Gasteiger partial charge in [0.2, 0.25) is 0 Å². The quantitative estimate of drug-likeness (QED) is 0.318. The monoisotopic (exact) mass is 503 g/mol. The van der Waals surface area contributed by atoms with Crippen molar-refractivity contribution in [2.24, 2.45) is 0 Å². The van der Waals surface area contributed by atoms with Crippen LogP contribution in [0.25, 0.3) is 11.1 Å².